The highest BCUT2D eigenvalue weighted by atomic mass is 16.1. The maximum atomic E-state index is 10.5. The summed E-state index contributed by atoms with van der Waals surface area (Å²) in [5, 5.41) is 2.43. The quantitative estimate of drug-likeness (QED) is 0.748. The highest BCUT2D eigenvalue weighted by molar-refractivity contribution is 5.85. The summed E-state index contributed by atoms with van der Waals surface area (Å²) in [6.45, 7) is 4.21. The zero-order valence-electron chi connectivity index (χ0n) is 10.3. The smallest absolute Gasteiger partial charge is 0.120 e. The summed E-state index contributed by atoms with van der Waals surface area (Å²) in [6, 6.07) is 6.41. The van der Waals surface area contributed by atoms with Gasteiger partial charge in [0.1, 0.15) is 6.29 Å². The van der Waals surface area contributed by atoms with Gasteiger partial charge >= 0.3 is 0 Å². The summed E-state index contributed by atoms with van der Waals surface area (Å²) in [4.78, 5) is 14.8. The molecule has 0 amide bonds. The molecule has 0 N–H and O–H groups in total. The van der Waals surface area contributed by atoms with Crippen LogP contribution in [0, 0.1) is 0 Å². The zero-order chi connectivity index (χ0) is 12.3. The number of carbonyl (C=O) groups excluding carboxylic acids is 1. The van der Waals surface area contributed by atoms with Crippen LogP contribution in [0.5, 0.6) is 0 Å². The average Bonchev–Trinajstić information content (AvgIpc) is 2.37. The molecule has 2 rings (SSSR count). The van der Waals surface area contributed by atoms with Gasteiger partial charge in [-0.15, -0.1) is 0 Å². The number of nitrogens with zero attached hydrogens (tertiary/aromatic N) is 1. The Bertz CT molecular complexity index is 533. The van der Waals surface area contributed by atoms with Crippen molar-refractivity contribution in [2.45, 2.75) is 32.6 Å². The molecule has 1 unspecified atom stereocenters. The van der Waals surface area contributed by atoms with Gasteiger partial charge in [-0.25, -0.2) is 0 Å². The highest BCUT2D eigenvalue weighted by Crippen LogP contribution is 2.24. The lowest BCUT2D eigenvalue weighted by Crippen LogP contribution is -1.95. The third-order valence-corrected chi connectivity index (χ3v) is 3.27. The minimum Gasteiger partial charge on any atom is -0.303 e. The van der Waals surface area contributed by atoms with Crippen molar-refractivity contribution in [1.82, 2.24) is 4.98 Å². The van der Waals surface area contributed by atoms with Gasteiger partial charge in [-0.3, -0.25) is 4.98 Å². The number of hydrogen-bond donors (Lipinski definition) is 0. The molecule has 0 saturated carbocycles. The van der Waals surface area contributed by atoms with Gasteiger partial charge in [0.2, 0.25) is 0 Å². The van der Waals surface area contributed by atoms with Crippen LogP contribution < -0.4 is 0 Å². The molecule has 88 valence electrons. The molecule has 0 aliphatic heterocycles. The van der Waals surface area contributed by atoms with Crippen LogP contribution in [0.25, 0.3) is 10.8 Å². The van der Waals surface area contributed by atoms with Crippen LogP contribution in [-0.2, 0) is 11.2 Å². The first kappa shape index (κ1) is 11.8. The fourth-order valence-corrected chi connectivity index (χ4v) is 2.13. The summed E-state index contributed by atoms with van der Waals surface area (Å²) >= 11 is 0. The van der Waals surface area contributed by atoms with Gasteiger partial charge in [0.25, 0.3) is 0 Å². The van der Waals surface area contributed by atoms with Crippen LogP contribution in [0.3, 0.4) is 0 Å². The summed E-state index contributed by atoms with van der Waals surface area (Å²) in [5.74, 6) is 0.280. The van der Waals surface area contributed by atoms with E-state index in [1.54, 1.807) is 0 Å². The molecule has 0 bridgehead atoms. The molecular weight excluding hydrogens is 210 g/mol. The fraction of sp³-hybridized carbons (Fsp3) is 0.333. The molecule has 17 heavy (non-hydrogen) atoms. The third-order valence-electron chi connectivity index (χ3n) is 3.27. The molecule has 0 radical (unpaired) electrons. The van der Waals surface area contributed by atoms with Crippen molar-refractivity contribution >= 4 is 17.1 Å². The third kappa shape index (κ3) is 2.36. The van der Waals surface area contributed by atoms with E-state index < -0.39 is 0 Å². The number of carbonyl (C=O) groups is 1. The number of benzene rings is 1. The van der Waals surface area contributed by atoms with Gasteiger partial charge in [0.05, 0.1) is 0 Å². The van der Waals surface area contributed by atoms with Crippen LogP contribution in [0.4, 0.5) is 0 Å². The summed E-state index contributed by atoms with van der Waals surface area (Å²) in [6.07, 6.45) is 6.37. The summed E-state index contributed by atoms with van der Waals surface area (Å²) in [5.41, 5.74) is 2.48. The number of aryl methyl sites for hydroxylation is 1. The predicted octanol–water partition coefficient (Wildman–Crippen LogP) is 3.49. The van der Waals surface area contributed by atoms with Crippen LogP contribution in [0.15, 0.2) is 30.6 Å². The molecule has 2 heteroatoms. The Labute approximate surface area is 102 Å². The van der Waals surface area contributed by atoms with Crippen molar-refractivity contribution in [1.29, 1.82) is 0 Å². The van der Waals surface area contributed by atoms with Crippen LogP contribution in [0.1, 0.15) is 37.3 Å². The van der Waals surface area contributed by atoms with Crippen molar-refractivity contribution in [3.8, 4) is 0 Å². The average molecular weight is 227 g/mol. The number of pyridine rings is 1. The van der Waals surface area contributed by atoms with Crippen molar-refractivity contribution in [2.75, 3.05) is 0 Å². The zero-order valence-corrected chi connectivity index (χ0v) is 10.3. The fourth-order valence-electron chi connectivity index (χ4n) is 2.13. The first-order valence-electron chi connectivity index (χ1n) is 6.06. The first-order valence-corrected chi connectivity index (χ1v) is 6.06. The summed E-state index contributed by atoms with van der Waals surface area (Å²) in [7, 11) is 0. The molecule has 1 heterocycles. The van der Waals surface area contributed by atoms with Crippen LogP contribution in [-0.4, -0.2) is 11.3 Å². The minimum atomic E-state index is 0.280. The monoisotopic (exact) mass is 227 g/mol. The van der Waals surface area contributed by atoms with E-state index in [1.807, 2.05) is 12.4 Å². The van der Waals surface area contributed by atoms with Crippen molar-refractivity contribution < 1.29 is 4.79 Å². The lowest BCUT2D eigenvalue weighted by Gasteiger charge is -2.10. The van der Waals surface area contributed by atoms with Crippen molar-refractivity contribution in [3.63, 3.8) is 0 Å². The van der Waals surface area contributed by atoms with Crippen molar-refractivity contribution in [2.24, 2.45) is 0 Å². The second-order valence-electron chi connectivity index (χ2n) is 4.44. The Morgan fingerprint density at radius 1 is 1.35 bits per heavy atom. The van der Waals surface area contributed by atoms with Crippen molar-refractivity contribution in [3.05, 3.63) is 41.7 Å². The van der Waals surface area contributed by atoms with E-state index >= 15 is 0 Å². The number of aromatic nitrogens is 1. The van der Waals surface area contributed by atoms with E-state index in [0.29, 0.717) is 6.42 Å². The molecule has 0 aliphatic rings. The van der Waals surface area contributed by atoms with E-state index in [2.05, 4.69) is 37.0 Å². The van der Waals surface area contributed by atoms with E-state index in [9.17, 15) is 4.79 Å². The van der Waals surface area contributed by atoms with Gasteiger partial charge in [0, 0.05) is 24.2 Å². The number of hydrogen-bond acceptors (Lipinski definition) is 2. The molecule has 1 aromatic carbocycles. The minimum absolute atomic E-state index is 0.280. The molecule has 0 fully saturated rings. The SMILES string of the molecule is CCc1cncc2cc(C(C)CC=O)ccc12. The number of rotatable bonds is 4. The van der Waals surface area contributed by atoms with Gasteiger partial charge in [-0.05, 0) is 34.9 Å². The molecule has 2 aromatic rings. The molecule has 0 spiro atoms. The molecular formula is C15H17NO. The maximum absolute atomic E-state index is 10.5. The number of fused-ring (bicyclic) bond motifs is 1. The van der Waals surface area contributed by atoms with E-state index in [4.69, 9.17) is 0 Å². The predicted molar refractivity (Wildman–Crippen MR) is 70.2 cm³/mol. The Morgan fingerprint density at radius 2 is 2.18 bits per heavy atom. The van der Waals surface area contributed by atoms with E-state index in [1.165, 1.54) is 21.9 Å². The van der Waals surface area contributed by atoms with E-state index in [-0.39, 0.29) is 5.92 Å². The van der Waals surface area contributed by atoms with Gasteiger partial charge in [0.15, 0.2) is 0 Å². The van der Waals surface area contributed by atoms with E-state index in [0.717, 1.165) is 12.7 Å². The Balaban J connectivity index is 2.47. The number of aldehydes is 1. The standard InChI is InChI=1S/C15H17NO/c1-3-12-9-16-10-14-8-13(4-5-15(12)14)11(2)6-7-17/h4-5,7-11H,3,6H2,1-2H3. The second kappa shape index (κ2) is 5.09. The normalized spacial score (nSPS) is 12.6. The lowest BCUT2D eigenvalue weighted by atomic mass is 9.95. The first-order chi connectivity index (χ1) is 8.26. The van der Waals surface area contributed by atoms with Crippen LogP contribution in [0.2, 0.25) is 0 Å². The molecule has 1 aromatic heterocycles. The lowest BCUT2D eigenvalue weighted by molar-refractivity contribution is -0.108. The topological polar surface area (TPSA) is 30.0 Å². The Hall–Kier alpha value is -1.70. The Kier molecular flexibility index (Phi) is 3.52. The summed E-state index contributed by atoms with van der Waals surface area (Å²) < 4.78 is 0. The van der Waals surface area contributed by atoms with Crippen LogP contribution >= 0.6 is 0 Å². The molecule has 2 nitrogen and oxygen atoms in total. The molecule has 0 saturated heterocycles. The largest absolute Gasteiger partial charge is 0.303 e. The van der Waals surface area contributed by atoms with Gasteiger partial charge in [-0.2, -0.15) is 0 Å². The van der Waals surface area contributed by atoms with Gasteiger partial charge < -0.3 is 4.79 Å². The van der Waals surface area contributed by atoms with Gasteiger partial charge in [-0.1, -0.05) is 26.0 Å². The maximum Gasteiger partial charge on any atom is 0.120 e. The highest BCUT2D eigenvalue weighted by Gasteiger charge is 2.07. The molecule has 1 atom stereocenters. The Morgan fingerprint density at radius 3 is 2.88 bits per heavy atom. The molecule has 0 aliphatic carbocycles. The second-order valence-corrected chi connectivity index (χ2v) is 4.44.